The molecule has 1 N–H and O–H groups in total. The minimum absolute atomic E-state index is 0.0701. The van der Waals surface area contributed by atoms with Crippen LogP contribution in [0.3, 0.4) is 0 Å². The lowest BCUT2D eigenvalue weighted by Gasteiger charge is -2.20. The molecule has 2 aromatic carbocycles. The van der Waals surface area contributed by atoms with Gasteiger partial charge in [-0.25, -0.2) is 16.8 Å². The third-order valence-corrected chi connectivity index (χ3v) is 9.53. The molecule has 0 amide bonds. The Morgan fingerprint density at radius 3 is 2.33 bits per heavy atom. The fourth-order valence-corrected chi connectivity index (χ4v) is 8.39. The second-order valence-corrected chi connectivity index (χ2v) is 11.9. The molecular formula is C20H24ClNO6S2. The predicted molar refractivity (Wildman–Crippen MR) is 116 cm³/mol. The lowest BCUT2D eigenvalue weighted by molar-refractivity contribution is 0.354. The van der Waals surface area contributed by atoms with E-state index in [2.05, 4.69) is 5.32 Å². The molecule has 0 saturated carbocycles. The van der Waals surface area contributed by atoms with Gasteiger partial charge in [-0.1, -0.05) is 17.7 Å². The average Bonchev–Trinajstić information content (AvgIpc) is 3.03. The van der Waals surface area contributed by atoms with Gasteiger partial charge in [0.1, 0.15) is 0 Å². The van der Waals surface area contributed by atoms with Crippen LogP contribution in [-0.2, 0) is 26.1 Å². The zero-order chi connectivity index (χ0) is 21.9. The first-order valence-electron chi connectivity index (χ1n) is 9.30. The Morgan fingerprint density at radius 1 is 1.03 bits per heavy atom. The first kappa shape index (κ1) is 22.9. The molecule has 2 unspecified atom stereocenters. The second-order valence-electron chi connectivity index (χ2n) is 7.11. The van der Waals surface area contributed by atoms with Crippen molar-refractivity contribution in [3.63, 3.8) is 0 Å². The standard InChI is InChI=1S/C20H24ClNO6S2/c1-27-18-8-3-14(11-19(18)28-2)9-10-22-17-12-29(23,24)13-20(17)30(25,26)16-6-4-15(21)5-7-16/h3-8,11,17,20,22H,9-10,12-13H2,1-2H3. The maximum atomic E-state index is 13.1. The Bertz CT molecular complexity index is 1100. The van der Waals surface area contributed by atoms with Gasteiger partial charge in [0, 0.05) is 11.1 Å². The van der Waals surface area contributed by atoms with E-state index in [0.717, 1.165) is 5.56 Å². The molecule has 7 nitrogen and oxygen atoms in total. The topological polar surface area (TPSA) is 98.8 Å². The molecule has 1 saturated heterocycles. The largest absolute Gasteiger partial charge is 0.493 e. The summed E-state index contributed by atoms with van der Waals surface area (Å²) in [5, 5.41) is 2.50. The zero-order valence-corrected chi connectivity index (χ0v) is 19.1. The summed E-state index contributed by atoms with van der Waals surface area (Å²) < 4.78 is 61.0. The minimum atomic E-state index is -3.83. The Balaban J connectivity index is 1.73. The van der Waals surface area contributed by atoms with Crippen molar-refractivity contribution in [2.75, 3.05) is 32.3 Å². The smallest absolute Gasteiger partial charge is 0.183 e. The van der Waals surface area contributed by atoms with Crippen LogP contribution in [0.5, 0.6) is 11.5 Å². The molecular weight excluding hydrogens is 450 g/mol. The van der Waals surface area contributed by atoms with Gasteiger partial charge in [0.05, 0.1) is 35.9 Å². The van der Waals surface area contributed by atoms with Gasteiger partial charge in [-0.3, -0.25) is 0 Å². The maximum absolute atomic E-state index is 13.1. The number of sulfone groups is 2. The van der Waals surface area contributed by atoms with Gasteiger partial charge in [0.2, 0.25) is 0 Å². The summed E-state index contributed by atoms with van der Waals surface area (Å²) in [6.45, 7) is 0.419. The molecule has 1 aliphatic heterocycles. The number of ether oxygens (including phenoxy) is 2. The average molecular weight is 474 g/mol. The fraction of sp³-hybridized carbons (Fsp3) is 0.400. The quantitative estimate of drug-likeness (QED) is 0.627. The van der Waals surface area contributed by atoms with E-state index in [1.54, 1.807) is 20.3 Å². The number of hydrogen-bond donors (Lipinski definition) is 1. The molecule has 2 aromatic rings. The highest BCUT2D eigenvalue weighted by Crippen LogP contribution is 2.29. The van der Waals surface area contributed by atoms with Gasteiger partial charge in [-0.15, -0.1) is 0 Å². The normalized spacial score (nSPS) is 20.8. The summed E-state index contributed by atoms with van der Waals surface area (Å²) in [5.41, 5.74) is 0.957. The van der Waals surface area contributed by atoms with E-state index in [1.807, 2.05) is 12.1 Å². The van der Waals surface area contributed by atoms with Crippen LogP contribution in [0.15, 0.2) is 47.4 Å². The van der Waals surface area contributed by atoms with Crippen LogP contribution in [0, 0.1) is 0 Å². The van der Waals surface area contributed by atoms with E-state index < -0.39 is 36.7 Å². The third-order valence-electron chi connectivity index (χ3n) is 5.11. The summed E-state index contributed by atoms with van der Waals surface area (Å²) in [7, 11) is -4.18. The molecule has 0 radical (unpaired) electrons. The van der Waals surface area contributed by atoms with Gasteiger partial charge in [-0.2, -0.15) is 0 Å². The van der Waals surface area contributed by atoms with Crippen molar-refractivity contribution in [3.8, 4) is 11.5 Å². The zero-order valence-electron chi connectivity index (χ0n) is 16.7. The maximum Gasteiger partial charge on any atom is 0.183 e. The second kappa shape index (κ2) is 9.13. The highest BCUT2D eigenvalue weighted by atomic mass is 35.5. The van der Waals surface area contributed by atoms with E-state index in [0.29, 0.717) is 29.5 Å². The molecule has 164 valence electrons. The van der Waals surface area contributed by atoms with Gasteiger partial charge < -0.3 is 14.8 Å². The van der Waals surface area contributed by atoms with Crippen molar-refractivity contribution >= 4 is 31.3 Å². The van der Waals surface area contributed by atoms with Crippen molar-refractivity contribution in [1.82, 2.24) is 5.32 Å². The summed E-state index contributed by atoms with van der Waals surface area (Å²) in [5.74, 6) is 0.606. The third kappa shape index (κ3) is 5.08. The fourth-order valence-electron chi connectivity index (χ4n) is 3.55. The summed E-state index contributed by atoms with van der Waals surface area (Å²) >= 11 is 5.84. The lowest BCUT2D eigenvalue weighted by atomic mass is 10.1. The molecule has 0 aromatic heterocycles. The number of rotatable bonds is 8. The monoisotopic (exact) mass is 473 g/mol. The van der Waals surface area contributed by atoms with E-state index >= 15 is 0 Å². The van der Waals surface area contributed by atoms with Gasteiger partial charge in [0.25, 0.3) is 0 Å². The number of halogens is 1. The Morgan fingerprint density at radius 2 is 1.70 bits per heavy atom. The molecule has 10 heteroatoms. The van der Waals surface area contributed by atoms with Crippen LogP contribution in [0.1, 0.15) is 5.56 Å². The van der Waals surface area contributed by atoms with Crippen LogP contribution in [0.25, 0.3) is 0 Å². The minimum Gasteiger partial charge on any atom is -0.493 e. The molecule has 1 aliphatic rings. The van der Waals surface area contributed by atoms with E-state index in [9.17, 15) is 16.8 Å². The first-order valence-corrected chi connectivity index (χ1v) is 13.0. The number of benzene rings is 2. The molecule has 1 fully saturated rings. The molecule has 0 bridgehead atoms. The Hall–Kier alpha value is -1.81. The number of nitrogens with one attached hydrogen (secondary N) is 1. The van der Waals surface area contributed by atoms with Crippen molar-refractivity contribution in [1.29, 1.82) is 0 Å². The summed E-state index contributed by atoms with van der Waals surface area (Å²) in [6.07, 6.45) is 0.574. The molecule has 3 rings (SSSR count). The van der Waals surface area contributed by atoms with E-state index in [1.165, 1.54) is 24.3 Å². The van der Waals surface area contributed by atoms with Crippen molar-refractivity contribution in [2.24, 2.45) is 0 Å². The number of methoxy groups -OCH3 is 2. The van der Waals surface area contributed by atoms with Crippen LogP contribution in [0.4, 0.5) is 0 Å². The predicted octanol–water partition coefficient (Wildman–Crippen LogP) is 2.13. The van der Waals surface area contributed by atoms with Crippen LogP contribution >= 0.6 is 11.6 Å². The Labute approximate surface area is 182 Å². The van der Waals surface area contributed by atoms with Gasteiger partial charge >= 0.3 is 0 Å². The van der Waals surface area contributed by atoms with Crippen LogP contribution in [0.2, 0.25) is 5.02 Å². The van der Waals surface area contributed by atoms with E-state index in [-0.39, 0.29) is 10.6 Å². The highest BCUT2D eigenvalue weighted by molar-refractivity contribution is 7.96. The summed E-state index contributed by atoms with van der Waals surface area (Å²) in [4.78, 5) is 0.0701. The lowest BCUT2D eigenvalue weighted by Crippen LogP contribution is -2.44. The molecule has 1 heterocycles. The van der Waals surface area contributed by atoms with Crippen molar-refractivity contribution in [3.05, 3.63) is 53.1 Å². The number of hydrogen-bond acceptors (Lipinski definition) is 7. The van der Waals surface area contributed by atoms with E-state index in [4.69, 9.17) is 21.1 Å². The highest BCUT2D eigenvalue weighted by Gasteiger charge is 2.45. The molecule has 30 heavy (non-hydrogen) atoms. The SMILES string of the molecule is COc1ccc(CCNC2CS(=O)(=O)CC2S(=O)(=O)c2ccc(Cl)cc2)cc1OC. The van der Waals surface area contributed by atoms with Crippen LogP contribution < -0.4 is 14.8 Å². The molecule has 0 spiro atoms. The Kier molecular flexibility index (Phi) is 6.96. The van der Waals surface area contributed by atoms with Gasteiger partial charge in [-0.05, 0) is 54.9 Å². The summed E-state index contributed by atoms with van der Waals surface area (Å²) in [6, 6.07) is 10.6. The molecule has 2 atom stereocenters. The first-order chi connectivity index (χ1) is 14.2. The van der Waals surface area contributed by atoms with Crippen molar-refractivity contribution < 1.29 is 26.3 Å². The van der Waals surface area contributed by atoms with Crippen molar-refractivity contribution in [2.45, 2.75) is 22.6 Å². The molecule has 0 aliphatic carbocycles. The van der Waals surface area contributed by atoms with Crippen LogP contribution in [-0.4, -0.2) is 60.4 Å². The van der Waals surface area contributed by atoms with Gasteiger partial charge in [0.15, 0.2) is 31.2 Å².